The topological polar surface area (TPSA) is 84.9 Å². The van der Waals surface area contributed by atoms with Crippen molar-refractivity contribution in [1.82, 2.24) is 5.32 Å². The fourth-order valence-corrected chi connectivity index (χ4v) is 2.44. The summed E-state index contributed by atoms with van der Waals surface area (Å²) in [6.45, 7) is 6.41. The number of nitrogens with one attached hydrogen (secondary N) is 1. The molecule has 0 radical (unpaired) electrons. The maximum atomic E-state index is 12.1. The molecule has 0 spiro atoms. The predicted octanol–water partition coefficient (Wildman–Crippen LogP) is 2.74. The molecule has 1 unspecified atom stereocenters. The summed E-state index contributed by atoms with van der Waals surface area (Å²) in [4.78, 5) is 24.0. The Balaban J connectivity index is 1.75. The molecule has 0 amide bonds. The van der Waals surface area contributed by atoms with Crippen molar-refractivity contribution in [1.29, 1.82) is 0 Å². The maximum absolute atomic E-state index is 12.1. The summed E-state index contributed by atoms with van der Waals surface area (Å²) in [7, 11) is 0. The fraction of sp³-hybridized carbons (Fsp3) is 0.600. The second-order valence-electron chi connectivity index (χ2n) is 8.24. The van der Waals surface area contributed by atoms with Crippen molar-refractivity contribution in [2.75, 3.05) is 6.54 Å². The number of hydrogen-bond donors (Lipinski definition) is 2. The fourth-order valence-electron chi connectivity index (χ4n) is 2.44. The van der Waals surface area contributed by atoms with E-state index in [0.717, 1.165) is 25.7 Å². The zero-order valence-corrected chi connectivity index (χ0v) is 15.6. The largest absolute Gasteiger partial charge is 0.422 e. The molecule has 0 saturated heterocycles. The first-order chi connectivity index (χ1) is 12.2. The second kappa shape index (κ2) is 7.37. The standard InChI is InChI=1S/C20H27NO5/c1-20(2,3)21-11-15(22)14-8-9-16(25-18(23)12-4-5-12)17(10-14)26-19(24)13-6-7-13/h8-10,12-13,15,21-22H,4-7,11H2,1-3H3. The molecule has 0 aliphatic heterocycles. The van der Waals surface area contributed by atoms with E-state index in [1.807, 2.05) is 20.8 Å². The molecule has 0 aromatic heterocycles. The first kappa shape index (κ1) is 18.9. The first-order valence-corrected chi connectivity index (χ1v) is 9.23. The van der Waals surface area contributed by atoms with Crippen LogP contribution in [-0.2, 0) is 9.59 Å². The van der Waals surface area contributed by atoms with E-state index in [2.05, 4.69) is 5.32 Å². The minimum Gasteiger partial charge on any atom is -0.422 e. The number of ether oxygens (including phenoxy) is 2. The molecule has 1 aromatic rings. The minimum atomic E-state index is -0.763. The molecule has 3 rings (SSSR count). The second-order valence-corrected chi connectivity index (χ2v) is 8.24. The summed E-state index contributed by atoms with van der Waals surface area (Å²) in [6, 6.07) is 4.87. The Bertz CT molecular complexity index is 686. The van der Waals surface area contributed by atoms with E-state index in [-0.39, 0.29) is 40.8 Å². The van der Waals surface area contributed by atoms with Crippen molar-refractivity contribution in [2.45, 2.75) is 58.1 Å². The third-order valence-corrected chi connectivity index (χ3v) is 4.42. The van der Waals surface area contributed by atoms with Crippen molar-refractivity contribution in [3.8, 4) is 11.5 Å². The highest BCUT2D eigenvalue weighted by atomic mass is 16.6. The highest BCUT2D eigenvalue weighted by Gasteiger charge is 2.34. The van der Waals surface area contributed by atoms with Gasteiger partial charge < -0.3 is 19.9 Å². The summed E-state index contributed by atoms with van der Waals surface area (Å²) in [6.07, 6.45) is 2.57. The third-order valence-electron chi connectivity index (χ3n) is 4.42. The van der Waals surface area contributed by atoms with Gasteiger partial charge in [-0.2, -0.15) is 0 Å². The Morgan fingerprint density at radius 1 is 1.08 bits per heavy atom. The van der Waals surface area contributed by atoms with Gasteiger partial charge in [0, 0.05) is 12.1 Å². The van der Waals surface area contributed by atoms with Crippen LogP contribution in [0.4, 0.5) is 0 Å². The maximum Gasteiger partial charge on any atom is 0.314 e. The molecule has 26 heavy (non-hydrogen) atoms. The van der Waals surface area contributed by atoms with Crippen LogP contribution in [0, 0.1) is 11.8 Å². The number of rotatable bonds is 7. The number of carbonyl (C=O) groups is 2. The van der Waals surface area contributed by atoms with Crippen molar-refractivity contribution in [2.24, 2.45) is 11.8 Å². The number of aliphatic hydroxyl groups excluding tert-OH is 1. The quantitative estimate of drug-likeness (QED) is 0.574. The Labute approximate surface area is 153 Å². The molecule has 2 fully saturated rings. The van der Waals surface area contributed by atoms with Gasteiger partial charge in [0.2, 0.25) is 0 Å². The smallest absolute Gasteiger partial charge is 0.314 e. The van der Waals surface area contributed by atoms with E-state index >= 15 is 0 Å². The van der Waals surface area contributed by atoms with Crippen molar-refractivity contribution >= 4 is 11.9 Å². The molecule has 2 aliphatic carbocycles. The Hall–Kier alpha value is -1.92. The Morgan fingerprint density at radius 3 is 2.12 bits per heavy atom. The molecule has 142 valence electrons. The summed E-state index contributed by atoms with van der Waals surface area (Å²) in [5.74, 6) is -0.301. The minimum absolute atomic E-state index is 0.0526. The van der Waals surface area contributed by atoms with Crippen molar-refractivity contribution in [3.05, 3.63) is 23.8 Å². The van der Waals surface area contributed by atoms with Crippen LogP contribution in [0.25, 0.3) is 0 Å². The molecule has 2 aliphatic rings. The molecule has 0 bridgehead atoms. The molecule has 1 atom stereocenters. The highest BCUT2D eigenvalue weighted by molar-refractivity contribution is 5.80. The molecular weight excluding hydrogens is 334 g/mol. The molecular formula is C20H27NO5. The van der Waals surface area contributed by atoms with Gasteiger partial charge in [-0.05, 0) is 64.2 Å². The molecule has 6 heteroatoms. The van der Waals surface area contributed by atoms with Crippen LogP contribution in [0.5, 0.6) is 11.5 Å². The average Bonchev–Trinajstić information content (AvgIpc) is 3.45. The predicted molar refractivity (Wildman–Crippen MR) is 95.9 cm³/mol. The van der Waals surface area contributed by atoms with Crippen molar-refractivity contribution < 1.29 is 24.2 Å². The van der Waals surface area contributed by atoms with Gasteiger partial charge in [-0.1, -0.05) is 6.07 Å². The molecule has 1 aromatic carbocycles. The monoisotopic (exact) mass is 361 g/mol. The zero-order valence-electron chi connectivity index (χ0n) is 15.6. The van der Waals surface area contributed by atoms with Crippen LogP contribution < -0.4 is 14.8 Å². The van der Waals surface area contributed by atoms with Crippen LogP contribution in [0.15, 0.2) is 18.2 Å². The first-order valence-electron chi connectivity index (χ1n) is 9.23. The SMILES string of the molecule is CC(C)(C)NCC(O)c1ccc(OC(=O)C2CC2)c(OC(=O)C2CC2)c1. The van der Waals surface area contributed by atoms with E-state index in [1.54, 1.807) is 18.2 Å². The number of hydrogen-bond acceptors (Lipinski definition) is 6. The van der Waals surface area contributed by atoms with Crippen LogP contribution in [0.2, 0.25) is 0 Å². The van der Waals surface area contributed by atoms with Gasteiger partial charge in [-0.3, -0.25) is 9.59 Å². The lowest BCUT2D eigenvalue weighted by Crippen LogP contribution is -2.38. The molecule has 2 saturated carbocycles. The Kier molecular flexibility index (Phi) is 5.34. The lowest BCUT2D eigenvalue weighted by molar-refractivity contribution is -0.138. The average molecular weight is 361 g/mol. The zero-order chi connectivity index (χ0) is 18.9. The highest BCUT2D eigenvalue weighted by Crippen LogP contribution is 2.37. The van der Waals surface area contributed by atoms with E-state index < -0.39 is 6.10 Å². The number of benzene rings is 1. The van der Waals surface area contributed by atoms with Gasteiger partial charge in [0.1, 0.15) is 0 Å². The number of esters is 2. The van der Waals surface area contributed by atoms with Gasteiger partial charge in [0.05, 0.1) is 17.9 Å². The van der Waals surface area contributed by atoms with Gasteiger partial charge >= 0.3 is 11.9 Å². The van der Waals surface area contributed by atoms with Crippen LogP contribution in [-0.4, -0.2) is 29.1 Å². The lowest BCUT2D eigenvalue weighted by atomic mass is 10.1. The number of carbonyl (C=O) groups excluding carboxylic acids is 2. The Morgan fingerprint density at radius 2 is 1.62 bits per heavy atom. The van der Waals surface area contributed by atoms with Crippen LogP contribution in [0.3, 0.4) is 0 Å². The van der Waals surface area contributed by atoms with Gasteiger partial charge in [0.25, 0.3) is 0 Å². The summed E-state index contributed by atoms with van der Waals surface area (Å²) < 4.78 is 10.9. The molecule has 6 nitrogen and oxygen atoms in total. The lowest BCUT2D eigenvalue weighted by Gasteiger charge is -2.23. The van der Waals surface area contributed by atoms with Gasteiger partial charge in [0.15, 0.2) is 11.5 Å². The number of aliphatic hydroxyl groups is 1. The summed E-state index contributed by atoms with van der Waals surface area (Å²) in [5, 5.41) is 13.7. The van der Waals surface area contributed by atoms with E-state index in [4.69, 9.17) is 9.47 Å². The third kappa shape index (κ3) is 5.29. The van der Waals surface area contributed by atoms with Crippen LogP contribution in [0.1, 0.15) is 58.1 Å². The van der Waals surface area contributed by atoms with Gasteiger partial charge in [-0.15, -0.1) is 0 Å². The van der Waals surface area contributed by atoms with Crippen molar-refractivity contribution in [3.63, 3.8) is 0 Å². The van der Waals surface area contributed by atoms with E-state index in [1.165, 1.54) is 0 Å². The molecule has 2 N–H and O–H groups in total. The van der Waals surface area contributed by atoms with Crippen LogP contribution >= 0.6 is 0 Å². The summed E-state index contributed by atoms with van der Waals surface area (Å²) >= 11 is 0. The van der Waals surface area contributed by atoms with E-state index in [0.29, 0.717) is 12.1 Å². The number of β-amino-alcohol motifs (C(OH)–C–C–N with tert-alkyl or cyclic N) is 1. The summed E-state index contributed by atoms with van der Waals surface area (Å²) in [5.41, 5.74) is 0.480. The van der Waals surface area contributed by atoms with E-state index in [9.17, 15) is 14.7 Å². The van der Waals surface area contributed by atoms with Gasteiger partial charge in [-0.25, -0.2) is 0 Å². The normalized spacial score (nSPS) is 18.3. The molecule has 0 heterocycles.